The molecule has 5 nitrogen and oxygen atoms in total. The predicted octanol–water partition coefficient (Wildman–Crippen LogP) is 2.97. The molecule has 1 atom stereocenters. The molecule has 1 N–H and O–H groups in total. The van der Waals surface area contributed by atoms with Gasteiger partial charge in [-0.2, -0.15) is 0 Å². The second kappa shape index (κ2) is 6.86. The lowest BCUT2D eigenvalue weighted by Gasteiger charge is -2.19. The number of aryl methyl sites for hydroxylation is 1. The largest absolute Gasteiger partial charge is 0.370 e. The number of nitrogens with one attached hydrogen (secondary N) is 1. The third kappa shape index (κ3) is 3.37. The van der Waals surface area contributed by atoms with Gasteiger partial charge in [-0.25, -0.2) is 4.68 Å². The first-order chi connectivity index (χ1) is 10.7. The normalized spacial score (nSPS) is 18.1. The summed E-state index contributed by atoms with van der Waals surface area (Å²) in [6.45, 7) is 5.68. The lowest BCUT2D eigenvalue weighted by Crippen LogP contribution is -2.32. The Kier molecular flexibility index (Phi) is 4.86. The summed E-state index contributed by atoms with van der Waals surface area (Å²) in [6.07, 6.45) is 2.93. The zero-order valence-electron chi connectivity index (χ0n) is 12.5. The van der Waals surface area contributed by atoms with Gasteiger partial charge in [-0.1, -0.05) is 28.4 Å². The van der Waals surface area contributed by atoms with Crippen molar-refractivity contribution in [2.24, 2.45) is 0 Å². The van der Waals surface area contributed by atoms with Crippen LogP contribution in [-0.2, 0) is 13.1 Å². The quantitative estimate of drug-likeness (QED) is 0.909. The van der Waals surface area contributed by atoms with E-state index in [-0.39, 0.29) is 0 Å². The maximum atomic E-state index is 6.10. The van der Waals surface area contributed by atoms with Crippen molar-refractivity contribution in [2.75, 3.05) is 18.0 Å². The average molecular weight is 340 g/mol. The molecule has 0 aliphatic carbocycles. The van der Waals surface area contributed by atoms with E-state index >= 15 is 0 Å². The molecular weight excluding hydrogens is 321 g/mol. The lowest BCUT2D eigenvalue weighted by atomic mass is 10.2. The van der Waals surface area contributed by atoms with Crippen LogP contribution >= 0.6 is 23.2 Å². The van der Waals surface area contributed by atoms with E-state index in [1.54, 1.807) is 0 Å². The average Bonchev–Trinajstić information content (AvgIpc) is 3.16. The first kappa shape index (κ1) is 15.6. The molecule has 0 radical (unpaired) electrons. The molecule has 1 unspecified atom stereocenters. The number of benzene rings is 1. The molecule has 1 aliphatic heterocycles. The Bertz CT molecular complexity index is 643. The predicted molar refractivity (Wildman–Crippen MR) is 89.6 cm³/mol. The van der Waals surface area contributed by atoms with Crippen molar-refractivity contribution in [3.05, 3.63) is 40.1 Å². The SMILES string of the molecule is CCn1nncc1CNC1CCN(c2ccc(Cl)c(Cl)c2)C1. The first-order valence-corrected chi connectivity index (χ1v) is 8.23. The van der Waals surface area contributed by atoms with Gasteiger partial charge >= 0.3 is 0 Å². The van der Waals surface area contributed by atoms with Gasteiger partial charge in [-0.15, -0.1) is 5.10 Å². The molecule has 0 saturated carbocycles. The summed E-state index contributed by atoms with van der Waals surface area (Å²) in [5.74, 6) is 0. The highest BCUT2D eigenvalue weighted by Crippen LogP contribution is 2.29. The number of nitrogens with zero attached hydrogens (tertiary/aromatic N) is 4. The minimum atomic E-state index is 0.453. The standard InChI is InChI=1S/C15H19Cl2N5/c1-2-22-13(9-19-20-22)8-18-11-5-6-21(10-11)12-3-4-14(16)15(17)7-12/h3-4,7,9,11,18H,2,5-6,8,10H2,1H3. The number of anilines is 1. The van der Waals surface area contributed by atoms with Crippen LogP contribution < -0.4 is 10.2 Å². The Balaban J connectivity index is 1.57. The summed E-state index contributed by atoms with van der Waals surface area (Å²) in [6, 6.07) is 6.26. The van der Waals surface area contributed by atoms with Gasteiger partial charge < -0.3 is 10.2 Å². The number of rotatable bonds is 5. The van der Waals surface area contributed by atoms with Crippen LogP contribution in [0.4, 0.5) is 5.69 Å². The molecule has 3 rings (SSSR count). The number of hydrogen-bond donors (Lipinski definition) is 1. The molecule has 2 heterocycles. The topological polar surface area (TPSA) is 46.0 Å². The van der Waals surface area contributed by atoms with Crippen LogP contribution in [-0.4, -0.2) is 34.1 Å². The highest BCUT2D eigenvalue weighted by molar-refractivity contribution is 6.42. The number of hydrogen-bond acceptors (Lipinski definition) is 4. The van der Waals surface area contributed by atoms with Crippen LogP contribution in [0.1, 0.15) is 19.0 Å². The molecule has 22 heavy (non-hydrogen) atoms. The Morgan fingerprint density at radius 3 is 2.95 bits per heavy atom. The van der Waals surface area contributed by atoms with Gasteiger partial charge in [-0.3, -0.25) is 0 Å². The summed E-state index contributed by atoms with van der Waals surface area (Å²) in [5.41, 5.74) is 2.24. The third-order valence-corrected chi connectivity index (χ3v) is 4.76. The van der Waals surface area contributed by atoms with Crippen molar-refractivity contribution in [3.63, 3.8) is 0 Å². The molecule has 0 bridgehead atoms. The molecular formula is C15H19Cl2N5. The molecule has 118 valence electrons. The monoisotopic (exact) mass is 339 g/mol. The molecule has 1 fully saturated rings. The van der Waals surface area contributed by atoms with E-state index in [0.717, 1.165) is 44.0 Å². The maximum Gasteiger partial charge on any atom is 0.0738 e. The summed E-state index contributed by atoms with van der Waals surface area (Å²) < 4.78 is 1.92. The smallest absolute Gasteiger partial charge is 0.0738 e. The van der Waals surface area contributed by atoms with Gasteiger partial charge in [0.2, 0.25) is 0 Å². The van der Waals surface area contributed by atoms with Gasteiger partial charge in [0.25, 0.3) is 0 Å². The van der Waals surface area contributed by atoms with Gasteiger partial charge in [0, 0.05) is 37.9 Å². The van der Waals surface area contributed by atoms with Gasteiger partial charge in [0.1, 0.15) is 0 Å². The van der Waals surface area contributed by atoms with E-state index in [1.165, 1.54) is 0 Å². The fraction of sp³-hybridized carbons (Fsp3) is 0.467. The molecule has 1 saturated heterocycles. The van der Waals surface area contributed by atoms with Gasteiger partial charge in [-0.05, 0) is 31.5 Å². The highest BCUT2D eigenvalue weighted by Gasteiger charge is 2.23. The Hall–Kier alpha value is -1.30. The fourth-order valence-corrected chi connectivity index (χ4v) is 3.07. The van der Waals surface area contributed by atoms with Crippen molar-refractivity contribution >= 4 is 28.9 Å². The lowest BCUT2D eigenvalue weighted by molar-refractivity contribution is 0.515. The third-order valence-electron chi connectivity index (χ3n) is 4.03. The summed E-state index contributed by atoms with van der Waals surface area (Å²) >= 11 is 12.1. The molecule has 0 amide bonds. The molecule has 1 aromatic heterocycles. The number of halogens is 2. The van der Waals surface area contributed by atoms with Crippen LogP contribution in [0, 0.1) is 0 Å². The molecule has 0 spiro atoms. The summed E-state index contributed by atoms with van der Waals surface area (Å²) in [7, 11) is 0. The first-order valence-electron chi connectivity index (χ1n) is 7.48. The van der Waals surface area contributed by atoms with Crippen LogP contribution in [0.3, 0.4) is 0 Å². The van der Waals surface area contributed by atoms with E-state index in [2.05, 4.69) is 27.5 Å². The van der Waals surface area contributed by atoms with Gasteiger partial charge in [0.05, 0.1) is 21.9 Å². The van der Waals surface area contributed by atoms with E-state index in [4.69, 9.17) is 23.2 Å². The fourth-order valence-electron chi connectivity index (χ4n) is 2.77. The van der Waals surface area contributed by atoms with Crippen LogP contribution in [0.25, 0.3) is 0 Å². The van der Waals surface area contributed by atoms with Crippen molar-refractivity contribution < 1.29 is 0 Å². The van der Waals surface area contributed by atoms with E-state index in [1.807, 2.05) is 29.1 Å². The van der Waals surface area contributed by atoms with E-state index in [9.17, 15) is 0 Å². The highest BCUT2D eigenvalue weighted by atomic mass is 35.5. The molecule has 1 aromatic carbocycles. The summed E-state index contributed by atoms with van der Waals surface area (Å²) in [5, 5.41) is 12.8. The van der Waals surface area contributed by atoms with Crippen LogP contribution in [0.2, 0.25) is 10.0 Å². The zero-order valence-corrected chi connectivity index (χ0v) is 14.0. The minimum absolute atomic E-state index is 0.453. The van der Waals surface area contributed by atoms with Crippen molar-refractivity contribution in [1.82, 2.24) is 20.3 Å². The van der Waals surface area contributed by atoms with E-state index in [0.29, 0.717) is 16.1 Å². The van der Waals surface area contributed by atoms with Crippen LogP contribution in [0.15, 0.2) is 24.4 Å². The molecule has 1 aliphatic rings. The molecule has 7 heteroatoms. The minimum Gasteiger partial charge on any atom is -0.370 e. The second-order valence-corrected chi connectivity index (χ2v) is 6.27. The maximum absolute atomic E-state index is 6.10. The van der Waals surface area contributed by atoms with Crippen molar-refractivity contribution in [2.45, 2.75) is 32.5 Å². The van der Waals surface area contributed by atoms with Crippen molar-refractivity contribution in [1.29, 1.82) is 0 Å². The zero-order chi connectivity index (χ0) is 15.5. The van der Waals surface area contributed by atoms with E-state index < -0.39 is 0 Å². The molecule has 2 aromatic rings. The van der Waals surface area contributed by atoms with Crippen LogP contribution in [0.5, 0.6) is 0 Å². The summed E-state index contributed by atoms with van der Waals surface area (Å²) in [4.78, 5) is 2.33. The number of aromatic nitrogens is 3. The Morgan fingerprint density at radius 1 is 1.32 bits per heavy atom. The Morgan fingerprint density at radius 2 is 2.18 bits per heavy atom. The van der Waals surface area contributed by atoms with Gasteiger partial charge in [0.15, 0.2) is 0 Å². The Labute approximate surface area is 140 Å². The van der Waals surface area contributed by atoms with Crippen molar-refractivity contribution in [3.8, 4) is 0 Å². The second-order valence-electron chi connectivity index (χ2n) is 5.45.